The van der Waals surface area contributed by atoms with E-state index in [1.54, 1.807) is 6.07 Å². The number of hydrogen-bond acceptors (Lipinski definition) is 3. The smallest absolute Gasteiger partial charge is 0.207 e. The number of nitrogens with zero attached hydrogens (tertiary/aromatic N) is 1. The molecule has 0 spiro atoms. The summed E-state index contributed by atoms with van der Waals surface area (Å²) in [6.07, 6.45) is 0.955. The third-order valence-corrected chi connectivity index (χ3v) is 0.758. The van der Waals surface area contributed by atoms with Crippen molar-refractivity contribution in [3.8, 4) is 6.07 Å². The van der Waals surface area contributed by atoms with Gasteiger partial charge >= 0.3 is 0 Å². The van der Waals surface area contributed by atoms with Gasteiger partial charge in [0.25, 0.3) is 0 Å². The van der Waals surface area contributed by atoms with Gasteiger partial charge in [-0.05, 0) is 0 Å². The van der Waals surface area contributed by atoms with Crippen LogP contribution < -0.4 is 5.32 Å². The lowest BCUT2D eigenvalue weighted by molar-refractivity contribution is -0.115. The highest BCUT2D eigenvalue weighted by Gasteiger charge is 2.01. The summed E-state index contributed by atoms with van der Waals surface area (Å²) in [6, 6.07) is 1.11. The van der Waals surface area contributed by atoms with E-state index in [0.717, 1.165) is 0 Å². The Labute approximate surface area is 52.5 Å². The zero-order chi connectivity index (χ0) is 7.11. The lowest BCUT2D eigenvalue weighted by Gasteiger charge is -1.99. The lowest BCUT2D eigenvalue weighted by atomic mass is 10.2. The Morgan fingerprint density at radius 1 is 1.67 bits per heavy atom. The number of rotatable bonds is 4. The maximum Gasteiger partial charge on any atom is 0.207 e. The van der Waals surface area contributed by atoms with Crippen LogP contribution in [0.2, 0.25) is 0 Å². The summed E-state index contributed by atoms with van der Waals surface area (Å²) in [7, 11) is 0. The molecule has 4 heteroatoms. The first kappa shape index (κ1) is 7.63. The summed E-state index contributed by atoms with van der Waals surface area (Å²) in [5.74, 6) is 0. The maximum atomic E-state index is 9.91. The van der Waals surface area contributed by atoms with Crippen LogP contribution in [-0.4, -0.2) is 18.7 Å². The van der Waals surface area contributed by atoms with Crippen molar-refractivity contribution in [1.29, 1.82) is 5.26 Å². The monoisotopic (exact) mass is 126 g/mol. The number of carbonyl (C=O) groups excluding carboxylic acids is 2. The zero-order valence-electron chi connectivity index (χ0n) is 4.70. The predicted molar refractivity (Wildman–Crippen MR) is 29.3 cm³/mol. The maximum absolute atomic E-state index is 9.91. The molecule has 1 unspecified atom stereocenters. The topological polar surface area (TPSA) is 70.0 Å². The van der Waals surface area contributed by atoms with Gasteiger partial charge in [0.1, 0.15) is 6.29 Å². The van der Waals surface area contributed by atoms with Gasteiger partial charge in [0.2, 0.25) is 6.41 Å². The first-order valence-corrected chi connectivity index (χ1v) is 2.37. The minimum absolute atomic E-state index is 0.0300. The molecule has 0 aliphatic heterocycles. The van der Waals surface area contributed by atoms with Crippen molar-refractivity contribution in [2.45, 2.75) is 12.5 Å². The molecule has 0 aromatic carbocycles. The Kier molecular flexibility index (Phi) is 4.05. The van der Waals surface area contributed by atoms with Gasteiger partial charge in [-0.1, -0.05) is 0 Å². The molecule has 0 aromatic rings. The van der Waals surface area contributed by atoms with Crippen LogP contribution in [0.15, 0.2) is 0 Å². The van der Waals surface area contributed by atoms with Crippen molar-refractivity contribution < 1.29 is 9.59 Å². The largest absolute Gasteiger partial charge is 0.348 e. The Morgan fingerprint density at radius 3 is 2.67 bits per heavy atom. The number of aldehydes is 1. The van der Waals surface area contributed by atoms with E-state index in [9.17, 15) is 9.59 Å². The van der Waals surface area contributed by atoms with Crippen molar-refractivity contribution in [1.82, 2.24) is 5.32 Å². The Bertz CT molecular complexity index is 138. The van der Waals surface area contributed by atoms with Gasteiger partial charge in [0.05, 0.1) is 18.5 Å². The van der Waals surface area contributed by atoms with Crippen molar-refractivity contribution in [2.75, 3.05) is 0 Å². The highest BCUT2D eigenvalue weighted by Crippen LogP contribution is 1.81. The van der Waals surface area contributed by atoms with Gasteiger partial charge in [-0.15, -0.1) is 0 Å². The fourth-order valence-electron chi connectivity index (χ4n) is 0.332. The van der Waals surface area contributed by atoms with Crippen LogP contribution in [0.25, 0.3) is 0 Å². The van der Waals surface area contributed by atoms with E-state index in [1.807, 2.05) is 0 Å². The van der Waals surface area contributed by atoms with Gasteiger partial charge < -0.3 is 10.1 Å². The number of nitriles is 1. The van der Waals surface area contributed by atoms with Crippen LogP contribution in [0.5, 0.6) is 0 Å². The van der Waals surface area contributed by atoms with Crippen LogP contribution in [0.1, 0.15) is 6.42 Å². The van der Waals surface area contributed by atoms with Crippen LogP contribution in [0.3, 0.4) is 0 Å². The van der Waals surface area contributed by atoms with Crippen molar-refractivity contribution in [2.24, 2.45) is 0 Å². The molecule has 0 aliphatic carbocycles. The second-order valence-corrected chi connectivity index (χ2v) is 1.39. The fourth-order valence-corrected chi connectivity index (χ4v) is 0.332. The van der Waals surface area contributed by atoms with Gasteiger partial charge in [-0.25, -0.2) is 0 Å². The summed E-state index contributed by atoms with van der Waals surface area (Å²) >= 11 is 0. The van der Waals surface area contributed by atoms with Crippen LogP contribution in [-0.2, 0) is 9.59 Å². The van der Waals surface area contributed by atoms with Gasteiger partial charge in [-0.3, -0.25) is 4.79 Å². The molecule has 1 amide bonds. The van der Waals surface area contributed by atoms with Crippen LogP contribution >= 0.6 is 0 Å². The Morgan fingerprint density at radius 2 is 2.33 bits per heavy atom. The quantitative estimate of drug-likeness (QED) is 0.502. The van der Waals surface area contributed by atoms with E-state index >= 15 is 0 Å². The molecule has 48 valence electrons. The van der Waals surface area contributed by atoms with E-state index < -0.39 is 6.04 Å². The van der Waals surface area contributed by atoms with E-state index in [-0.39, 0.29) is 6.42 Å². The van der Waals surface area contributed by atoms with Crippen LogP contribution in [0.4, 0.5) is 0 Å². The molecule has 0 saturated heterocycles. The summed E-state index contributed by atoms with van der Waals surface area (Å²) in [6.45, 7) is 0. The molecule has 0 heterocycles. The van der Waals surface area contributed by atoms with Crippen molar-refractivity contribution in [3.63, 3.8) is 0 Å². The molecule has 9 heavy (non-hydrogen) atoms. The van der Waals surface area contributed by atoms with Crippen molar-refractivity contribution in [3.05, 3.63) is 0 Å². The molecule has 0 aliphatic rings. The fraction of sp³-hybridized carbons (Fsp3) is 0.400. The molecule has 4 nitrogen and oxygen atoms in total. The lowest BCUT2D eigenvalue weighted by Crippen LogP contribution is -2.28. The zero-order valence-corrected chi connectivity index (χ0v) is 4.70. The Hall–Kier alpha value is -1.37. The number of amides is 1. The molecular weight excluding hydrogens is 120 g/mol. The summed E-state index contributed by atoms with van der Waals surface area (Å²) < 4.78 is 0. The molecule has 0 bridgehead atoms. The highest BCUT2D eigenvalue weighted by molar-refractivity contribution is 5.63. The molecular formula is C5H6N2O2. The third-order valence-electron chi connectivity index (χ3n) is 0.758. The van der Waals surface area contributed by atoms with Gasteiger partial charge in [0, 0.05) is 0 Å². The Balaban J connectivity index is 3.56. The second-order valence-electron chi connectivity index (χ2n) is 1.39. The second kappa shape index (κ2) is 4.78. The molecule has 1 N–H and O–H groups in total. The summed E-state index contributed by atoms with van der Waals surface area (Å²) in [5.41, 5.74) is 0. The van der Waals surface area contributed by atoms with Crippen LogP contribution in [0, 0.1) is 11.3 Å². The molecule has 0 aromatic heterocycles. The third kappa shape index (κ3) is 3.23. The minimum Gasteiger partial charge on any atom is -0.348 e. The molecule has 0 saturated carbocycles. The number of carbonyl (C=O) groups is 2. The molecule has 0 fully saturated rings. The number of hydrogen-bond donors (Lipinski definition) is 1. The molecule has 0 radical (unpaired) electrons. The summed E-state index contributed by atoms with van der Waals surface area (Å²) in [4.78, 5) is 19.6. The highest BCUT2D eigenvalue weighted by atomic mass is 16.1. The first-order chi connectivity index (χ1) is 4.35. The first-order valence-electron chi connectivity index (χ1n) is 2.37. The minimum atomic E-state index is -0.646. The normalized spacial score (nSPS) is 11.0. The summed E-state index contributed by atoms with van der Waals surface area (Å²) in [5, 5.41) is 10.2. The molecule has 0 rings (SSSR count). The molecule has 1 atom stereocenters. The van der Waals surface area contributed by atoms with E-state index in [2.05, 4.69) is 5.32 Å². The average Bonchev–Trinajstić information content (AvgIpc) is 1.88. The van der Waals surface area contributed by atoms with E-state index in [1.165, 1.54) is 0 Å². The average molecular weight is 126 g/mol. The van der Waals surface area contributed by atoms with E-state index in [0.29, 0.717) is 12.7 Å². The van der Waals surface area contributed by atoms with Gasteiger partial charge in [0.15, 0.2) is 0 Å². The number of nitrogens with one attached hydrogen (secondary N) is 1. The van der Waals surface area contributed by atoms with Crippen molar-refractivity contribution >= 4 is 12.7 Å². The predicted octanol–water partition coefficient (Wildman–Crippen LogP) is -0.786. The standard InChI is InChI=1S/C5H6N2O2/c6-2-1-5(3-8)7-4-9/h3-5H,1H2,(H,7,9). The SMILES string of the molecule is N#CCC(C=O)NC=O. The van der Waals surface area contributed by atoms with E-state index in [4.69, 9.17) is 5.26 Å². The van der Waals surface area contributed by atoms with Gasteiger partial charge in [-0.2, -0.15) is 5.26 Å².